The molecule has 0 N–H and O–H groups in total. The molecule has 0 fully saturated rings. The fourth-order valence-electron chi connectivity index (χ4n) is 1.95. The molecule has 17 heavy (non-hydrogen) atoms. The predicted octanol–water partition coefficient (Wildman–Crippen LogP) is 4.16. The van der Waals surface area contributed by atoms with Crippen LogP contribution in [0.2, 0.25) is 0 Å². The third kappa shape index (κ3) is 11.5. The van der Waals surface area contributed by atoms with Gasteiger partial charge in [0.1, 0.15) is 6.29 Å². The zero-order valence-electron chi connectivity index (χ0n) is 11.9. The average molecular weight is 239 g/mol. The van der Waals surface area contributed by atoms with Crippen molar-refractivity contribution in [3.05, 3.63) is 11.8 Å². The Morgan fingerprint density at radius 1 is 0.941 bits per heavy atom. The second kappa shape index (κ2) is 11.7. The monoisotopic (exact) mass is 239 g/mol. The van der Waals surface area contributed by atoms with E-state index in [4.69, 9.17) is 0 Å². The summed E-state index contributed by atoms with van der Waals surface area (Å²) < 4.78 is 0. The Bertz CT molecular complexity index is 209. The minimum atomic E-state index is 0.918. The summed E-state index contributed by atoms with van der Waals surface area (Å²) >= 11 is 0. The Labute approximate surface area is 107 Å². The molecule has 2 nitrogen and oxygen atoms in total. The third-order valence-electron chi connectivity index (χ3n) is 2.89. The summed E-state index contributed by atoms with van der Waals surface area (Å²) in [5, 5.41) is 0. The zero-order chi connectivity index (χ0) is 12.9. The smallest absolute Gasteiger partial charge is 0.147 e. The molecule has 0 bridgehead atoms. The maximum Gasteiger partial charge on any atom is 0.147 e. The zero-order valence-corrected chi connectivity index (χ0v) is 11.9. The Morgan fingerprint density at radius 2 is 1.47 bits per heavy atom. The first-order valence-corrected chi connectivity index (χ1v) is 7.03. The first-order valence-electron chi connectivity index (χ1n) is 7.03. The summed E-state index contributed by atoms with van der Waals surface area (Å²) in [4.78, 5) is 12.7. The highest BCUT2D eigenvalue weighted by Crippen LogP contribution is 2.12. The fourth-order valence-corrected chi connectivity index (χ4v) is 1.95. The van der Waals surface area contributed by atoms with Crippen LogP contribution in [-0.2, 0) is 4.79 Å². The standard InChI is InChI=1S/C15H29NO/c1-4-5-6-7-8-9-10-11-12-15(14-17)13-16(2)3/h13-14H,4-12H2,1-3H3. The van der Waals surface area contributed by atoms with Crippen LogP contribution in [0.1, 0.15) is 64.7 Å². The predicted molar refractivity (Wildman–Crippen MR) is 75.1 cm³/mol. The van der Waals surface area contributed by atoms with Gasteiger partial charge in [0.2, 0.25) is 0 Å². The van der Waals surface area contributed by atoms with Crippen LogP contribution in [0.5, 0.6) is 0 Å². The van der Waals surface area contributed by atoms with Crippen molar-refractivity contribution in [1.29, 1.82) is 0 Å². The summed E-state index contributed by atoms with van der Waals surface area (Å²) in [6.45, 7) is 2.25. The number of unbranched alkanes of at least 4 members (excludes halogenated alkanes) is 7. The van der Waals surface area contributed by atoms with Crippen LogP contribution >= 0.6 is 0 Å². The van der Waals surface area contributed by atoms with E-state index < -0.39 is 0 Å². The Kier molecular flexibility index (Phi) is 11.1. The van der Waals surface area contributed by atoms with Gasteiger partial charge in [-0.25, -0.2) is 0 Å². The number of nitrogens with zero attached hydrogens (tertiary/aromatic N) is 1. The number of allylic oxidation sites excluding steroid dienone is 1. The molecule has 0 atom stereocenters. The number of rotatable bonds is 11. The van der Waals surface area contributed by atoms with Crippen LogP contribution in [0.4, 0.5) is 0 Å². The highest BCUT2D eigenvalue weighted by molar-refractivity contribution is 5.72. The first-order chi connectivity index (χ1) is 8.20. The summed E-state index contributed by atoms with van der Waals surface area (Å²) in [5.74, 6) is 0. The van der Waals surface area contributed by atoms with Crippen LogP contribution in [0.25, 0.3) is 0 Å². The molecule has 100 valence electrons. The minimum absolute atomic E-state index is 0.918. The Hall–Kier alpha value is -0.790. The maximum absolute atomic E-state index is 10.8. The molecule has 0 rings (SSSR count). The molecular weight excluding hydrogens is 210 g/mol. The molecule has 0 amide bonds. The molecule has 0 spiro atoms. The van der Waals surface area contributed by atoms with Crippen molar-refractivity contribution in [2.75, 3.05) is 14.1 Å². The largest absolute Gasteiger partial charge is 0.383 e. The summed E-state index contributed by atoms with van der Waals surface area (Å²) in [5.41, 5.74) is 0.918. The highest BCUT2D eigenvalue weighted by atomic mass is 16.1. The van der Waals surface area contributed by atoms with Gasteiger partial charge in [0, 0.05) is 25.9 Å². The molecule has 0 aliphatic rings. The SMILES string of the molecule is CCCCCCCCCCC(C=O)=CN(C)C. The van der Waals surface area contributed by atoms with Gasteiger partial charge in [0.25, 0.3) is 0 Å². The first kappa shape index (κ1) is 16.2. The summed E-state index contributed by atoms with van der Waals surface area (Å²) in [6.07, 6.45) is 14.4. The number of carbonyl (C=O) groups is 1. The van der Waals surface area contributed by atoms with Crippen molar-refractivity contribution in [3.8, 4) is 0 Å². The van der Waals surface area contributed by atoms with Crippen LogP contribution in [0, 0.1) is 0 Å². The summed E-state index contributed by atoms with van der Waals surface area (Å²) in [6, 6.07) is 0. The maximum atomic E-state index is 10.8. The van der Waals surface area contributed by atoms with Crippen molar-refractivity contribution in [3.63, 3.8) is 0 Å². The lowest BCUT2D eigenvalue weighted by Gasteiger charge is -2.07. The van der Waals surface area contributed by atoms with Crippen molar-refractivity contribution in [2.24, 2.45) is 0 Å². The lowest BCUT2D eigenvalue weighted by Crippen LogP contribution is -2.03. The van der Waals surface area contributed by atoms with Crippen LogP contribution in [-0.4, -0.2) is 25.3 Å². The molecule has 0 aliphatic carbocycles. The molecule has 0 aromatic carbocycles. The highest BCUT2D eigenvalue weighted by Gasteiger charge is 1.97. The van der Waals surface area contributed by atoms with E-state index in [2.05, 4.69) is 6.92 Å². The van der Waals surface area contributed by atoms with Gasteiger partial charge in [-0.05, 0) is 12.8 Å². The Balaban J connectivity index is 3.40. The van der Waals surface area contributed by atoms with E-state index in [-0.39, 0.29) is 0 Å². The average Bonchev–Trinajstić information content (AvgIpc) is 2.30. The third-order valence-corrected chi connectivity index (χ3v) is 2.89. The molecular formula is C15H29NO. The van der Waals surface area contributed by atoms with E-state index in [0.29, 0.717) is 0 Å². The second-order valence-corrected chi connectivity index (χ2v) is 5.01. The molecule has 0 heterocycles. The van der Waals surface area contributed by atoms with Gasteiger partial charge >= 0.3 is 0 Å². The van der Waals surface area contributed by atoms with Gasteiger partial charge in [-0.15, -0.1) is 0 Å². The molecule has 0 aliphatic heterocycles. The molecule has 2 heteroatoms. The molecule has 0 aromatic heterocycles. The molecule has 0 unspecified atom stereocenters. The minimum Gasteiger partial charge on any atom is -0.383 e. The van der Waals surface area contributed by atoms with Crippen molar-refractivity contribution in [1.82, 2.24) is 4.90 Å². The molecule has 0 radical (unpaired) electrons. The fraction of sp³-hybridized carbons (Fsp3) is 0.800. The number of hydrogen-bond acceptors (Lipinski definition) is 2. The van der Waals surface area contributed by atoms with Crippen molar-refractivity contribution < 1.29 is 4.79 Å². The second-order valence-electron chi connectivity index (χ2n) is 5.01. The number of carbonyl (C=O) groups excluding carboxylic acids is 1. The molecule has 0 saturated carbocycles. The van der Waals surface area contributed by atoms with Crippen molar-refractivity contribution in [2.45, 2.75) is 64.7 Å². The van der Waals surface area contributed by atoms with Gasteiger partial charge < -0.3 is 4.90 Å². The molecule has 0 saturated heterocycles. The van der Waals surface area contributed by atoms with Gasteiger partial charge in [-0.2, -0.15) is 0 Å². The summed E-state index contributed by atoms with van der Waals surface area (Å²) in [7, 11) is 3.91. The van der Waals surface area contributed by atoms with Gasteiger partial charge in [-0.3, -0.25) is 4.79 Å². The van der Waals surface area contributed by atoms with Gasteiger partial charge in [0.15, 0.2) is 0 Å². The van der Waals surface area contributed by atoms with Crippen LogP contribution in [0.3, 0.4) is 0 Å². The number of hydrogen-bond donors (Lipinski definition) is 0. The van der Waals surface area contributed by atoms with Gasteiger partial charge in [-0.1, -0.05) is 51.9 Å². The van der Waals surface area contributed by atoms with Gasteiger partial charge in [0.05, 0.1) is 0 Å². The lowest BCUT2D eigenvalue weighted by atomic mass is 10.1. The quantitative estimate of drug-likeness (QED) is 0.306. The van der Waals surface area contributed by atoms with E-state index >= 15 is 0 Å². The number of aldehydes is 1. The van der Waals surface area contributed by atoms with E-state index in [1.807, 2.05) is 25.2 Å². The van der Waals surface area contributed by atoms with Crippen LogP contribution < -0.4 is 0 Å². The van der Waals surface area contributed by atoms with Crippen LogP contribution in [0.15, 0.2) is 11.8 Å². The van der Waals surface area contributed by atoms with E-state index in [9.17, 15) is 4.79 Å². The van der Waals surface area contributed by atoms with Crippen molar-refractivity contribution >= 4 is 6.29 Å². The normalized spacial score (nSPS) is 11.6. The molecule has 0 aromatic rings. The van der Waals surface area contributed by atoms with E-state index in [1.165, 1.54) is 44.9 Å². The van der Waals surface area contributed by atoms with E-state index in [0.717, 1.165) is 24.7 Å². The topological polar surface area (TPSA) is 20.3 Å². The lowest BCUT2D eigenvalue weighted by molar-refractivity contribution is -0.105. The Morgan fingerprint density at radius 3 is 1.94 bits per heavy atom. The van der Waals surface area contributed by atoms with E-state index in [1.54, 1.807) is 0 Å².